The molecule has 1 aromatic carbocycles. The van der Waals surface area contributed by atoms with E-state index in [9.17, 15) is 4.79 Å². The van der Waals surface area contributed by atoms with E-state index in [0.29, 0.717) is 6.42 Å². The van der Waals surface area contributed by atoms with E-state index in [1.54, 1.807) is 13.3 Å². The zero-order valence-electron chi connectivity index (χ0n) is 11.6. The molecule has 0 spiro atoms. The fraction of sp³-hybridized carbons (Fsp3) is 0.125. The van der Waals surface area contributed by atoms with Crippen LogP contribution in [-0.2, 0) is 11.2 Å². The predicted molar refractivity (Wildman–Crippen MR) is 80.5 cm³/mol. The van der Waals surface area contributed by atoms with Crippen LogP contribution in [0.1, 0.15) is 5.69 Å². The quantitative estimate of drug-likeness (QED) is 0.799. The normalized spacial score (nSPS) is 10.5. The van der Waals surface area contributed by atoms with E-state index in [-0.39, 0.29) is 5.91 Å². The fourth-order valence-corrected chi connectivity index (χ4v) is 2.19. The van der Waals surface area contributed by atoms with Gasteiger partial charge in [-0.2, -0.15) is 0 Å². The van der Waals surface area contributed by atoms with E-state index in [4.69, 9.17) is 4.74 Å². The van der Waals surface area contributed by atoms with E-state index in [1.807, 2.05) is 53.1 Å². The number of pyridine rings is 1. The minimum atomic E-state index is -0.0682. The largest absolute Gasteiger partial charge is 0.497 e. The Morgan fingerprint density at radius 3 is 2.81 bits per heavy atom. The number of rotatable bonds is 4. The van der Waals surface area contributed by atoms with Crippen molar-refractivity contribution in [3.63, 3.8) is 0 Å². The first-order valence-corrected chi connectivity index (χ1v) is 6.61. The number of nitrogens with one attached hydrogen (secondary N) is 1. The first kappa shape index (κ1) is 13.2. The summed E-state index contributed by atoms with van der Waals surface area (Å²) in [4.78, 5) is 16.3. The third-order valence-electron chi connectivity index (χ3n) is 3.23. The van der Waals surface area contributed by atoms with Crippen molar-refractivity contribution in [3.8, 4) is 5.75 Å². The number of carbonyl (C=O) groups is 1. The highest BCUT2D eigenvalue weighted by molar-refractivity contribution is 5.92. The molecule has 2 heterocycles. The van der Waals surface area contributed by atoms with E-state index in [2.05, 4.69) is 10.3 Å². The van der Waals surface area contributed by atoms with Crippen molar-refractivity contribution in [2.24, 2.45) is 0 Å². The Balaban J connectivity index is 1.72. The van der Waals surface area contributed by atoms with Crippen molar-refractivity contribution in [1.29, 1.82) is 0 Å². The van der Waals surface area contributed by atoms with Crippen molar-refractivity contribution in [1.82, 2.24) is 9.38 Å². The summed E-state index contributed by atoms with van der Waals surface area (Å²) in [5, 5.41) is 2.87. The minimum Gasteiger partial charge on any atom is -0.497 e. The lowest BCUT2D eigenvalue weighted by atomic mass is 10.2. The molecular weight excluding hydrogens is 266 g/mol. The first-order chi connectivity index (χ1) is 10.3. The van der Waals surface area contributed by atoms with E-state index >= 15 is 0 Å². The second-order valence-corrected chi connectivity index (χ2v) is 4.63. The van der Waals surface area contributed by atoms with Crippen LogP contribution in [0.2, 0.25) is 0 Å². The van der Waals surface area contributed by atoms with Gasteiger partial charge in [-0.3, -0.25) is 4.79 Å². The molecule has 1 amide bonds. The summed E-state index contributed by atoms with van der Waals surface area (Å²) < 4.78 is 7.00. The zero-order valence-corrected chi connectivity index (χ0v) is 11.6. The number of fused-ring (bicyclic) bond motifs is 1. The van der Waals surface area contributed by atoms with Gasteiger partial charge in [0.2, 0.25) is 5.91 Å². The molecule has 0 aliphatic heterocycles. The number of methoxy groups -OCH3 is 1. The molecule has 0 aliphatic rings. The van der Waals surface area contributed by atoms with Crippen LogP contribution in [0.4, 0.5) is 5.69 Å². The van der Waals surface area contributed by atoms with Gasteiger partial charge in [0, 0.05) is 23.8 Å². The second-order valence-electron chi connectivity index (χ2n) is 4.63. The smallest absolute Gasteiger partial charge is 0.230 e. The molecule has 0 radical (unpaired) electrons. The number of aromatic nitrogens is 2. The van der Waals surface area contributed by atoms with Gasteiger partial charge in [0.05, 0.1) is 13.5 Å². The van der Waals surface area contributed by atoms with Crippen LogP contribution < -0.4 is 10.1 Å². The minimum absolute atomic E-state index is 0.0682. The van der Waals surface area contributed by atoms with Crippen LogP contribution in [0.5, 0.6) is 5.75 Å². The van der Waals surface area contributed by atoms with Crippen molar-refractivity contribution < 1.29 is 9.53 Å². The first-order valence-electron chi connectivity index (χ1n) is 6.61. The van der Waals surface area contributed by atoms with Gasteiger partial charge in [0.15, 0.2) is 0 Å². The van der Waals surface area contributed by atoms with E-state index in [0.717, 1.165) is 22.8 Å². The van der Waals surface area contributed by atoms with Crippen LogP contribution in [0.15, 0.2) is 54.9 Å². The van der Waals surface area contributed by atoms with Crippen molar-refractivity contribution >= 4 is 17.2 Å². The van der Waals surface area contributed by atoms with Crippen molar-refractivity contribution in [3.05, 3.63) is 60.6 Å². The monoisotopic (exact) mass is 281 g/mol. The molecule has 0 fully saturated rings. The highest BCUT2D eigenvalue weighted by atomic mass is 16.5. The Morgan fingerprint density at radius 2 is 2.05 bits per heavy atom. The maximum Gasteiger partial charge on any atom is 0.230 e. The Bertz CT molecular complexity index is 763. The Kier molecular flexibility index (Phi) is 3.55. The van der Waals surface area contributed by atoms with Gasteiger partial charge >= 0.3 is 0 Å². The number of hydrogen-bond donors (Lipinski definition) is 1. The number of imidazole rings is 1. The van der Waals surface area contributed by atoms with Gasteiger partial charge in [-0.25, -0.2) is 4.98 Å². The molecule has 0 saturated heterocycles. The van der Waals surface area contributed by atoms with E-state index < -0.39 is 0 Å². The molecule has 0 atom stereocenters. The third kappa shape index (κ3) is 2.86. The highest BCUT2D eigenvalue weighted by Gasteiger charge is 2.07. The summed E-state index contributed by atoms with van der Waals surface area (Å²) >= 11 is 0. The molecule has 0 saturated carbocycles. The molecule has 1 N–H and O–H groups in total. The summed E-state index contributed by atoms with van der Waals surface area (Å²) in [5.41, 5.74) is 2.49. The van der Waals surface area contributed by atoms with Gasteiger partial charge in [0.25, 0.3) is 0 Å². The lowest BCUT2D eigenvalue weighted by Crippen LogP contribution is -2.16. The third-order valence-corrected chi connectivity index (χ3v) is 3.23. The molecule has 0 unspecified atom stereocenters. The standard InChI is InChI=1S/C16H15N3O2/c1-21-14-7-5-12(6-8-14)18-16(20)11-13-3-2-4-15-17-9-10-19(13)15/h2-10H,11H2,1H3,(H,18,20). The van der Waals surface area contributed by atoms with Crippen LogP contribution in [-0.4, -0.2) is 22.4 Å². The SMILES string of the molecule is COc1ccc(NC(=O)Cc2cccc3nccn23)cc1. The molecule has 0 bridgehead atoms. The number of carbonyl (C=O) groups excluding carboxylic acids is 1. The second kappa shape index (κ2) is 5.66. The number of hydrogen-bond acceptors (Lipinski definition) is 3. The average Bonchev–Trinajstić information content (AvgIpc) is 2.97. The van der Waals surface area contributed by atoms with Gasteiger partial charge in [-0.1, -0.05) is 6.07 Å². The van der Waals surface area contributed by atoms with Gasteiger partial charge in [-0.15, -0.1) is 0 Å². The van der Waals surface area contributed by atoms with Crippen molar-refractivity contribution in [2.75, 3.05) is 12.4 Å². The number of ether oxygens (including phenoxy) is 1. The lowest BCUT2D eigenvalue weighted by molar-refractivity contribution is -0.115. The number of amides is 1. The molecule has 5 nitrogen and oxygen atoms in total. The Morgan fingerprint density at radius 1 is 1.24 bits per heavy atom. The number of nitrogens with zero attached hydrogens (tertiary/aromatic N) is 2. The van der Waals surface area contributed by atoms with Gasteiger partial charge < -0.3 is 14.5 Å². The van der Waals surface area contributed by atoms with Crippen LogP contribution in [0.3, 0.4) is 0 Å². The molecule has 106 valence electrons. The topological polar surface area (TPSA) is 55.6 Å². The molecule has 3 aromatic rings. The number of anilines is 1. The zero-order chi connectivity index (χ0) is 14.7. The van der Waals surface area contributed by atoms with Crippen LogP contribution in [0.25, 0.3) is 5.65 Å². The Hall–Kier alpha value is -2.82. The molecule has 0 aliphatic carbocycles. The summed E-state index contributed by atoms with van der Waals surface area (Å²) in [7, 11) is 1.61. The van der Waals surface area contributed by atoms with Gasteiger partial charge in [0.1, 0.15) is 11.4 Å². The Labute approximate surface area is 122 Å². The van der Waals surface area contributed by atoms with Crippen LogP contribution in [0, 0.1) is 0 Å². The number of benzene rings is 1. The summed E-state index contributed by atoms with van der Waals surface area (Å²) in [5.74, 6) is 0.692. The summed E-state index contributed by atoms with van der Waals surface area (Å²) in [6.45, 7) is 0. The highest BCUT2D eigenvalue weighted by Crippen LogP contribution is 2.15. The lowest BCUT2D eigenvalue weighted by Gasteiger charge is -2.08. The molecule has 2 aromatic heterocycles. The average molecular weight is 281 g/mol. The molecule has 3 rings (SSSR count). The molecular formula is C16H15N3O2. The predicted octanol–water partition coefficient (Wildman–Crippen LogP) is 2.52. The maximum absolute atomic E-state index is 12.1. The van der Waals surface area contributed by atoms with Crippen molar-refractivity contribution in [2.45, 2.75) is 6.42 Å². The molecule has 5 heteroatoms. The van der Waals surface area contributed by atoms with E-state index in [1.165, 1.54) is 0 Å². The van der Waals surface area contributed by atoms with Crippen LogP contribution >= 0.6 is 0 Å². The fourth-order valence-electron chi connectivity index (χ4n) is 2.19. The molecule has 21 heavy (non-hydrogen) atoms. The summed E-state index contributed by atoms with van der Waals surface area (Å²) in [6.07, 6.45) is 3.87. The maximum atomic E-state index is 12.1. The summed E-state index contributed by atoms with van der Waals surface area (Å²) in [6, 6.07) is 13.0. The van der Waals surface area contributed by atoms with Gasteiger partial charge in [-0.05, 0) is 36.4 Å².